The average molecular weight is 298 g/mol. The van der Waals surface area contributed by atoms with Gasteiger partial charge in [-0.1, -0.05) is 18.2 Å². The zero-order valence-electron chi connectivity index (χ0n) is 11.7. The highest BCUT2D eigenvalue weighted by atomic mass is 16.6. The fourth-order valence-electron chi connectivity index (χ4n) is 4.07. The third-order valence-electron chi connectivity index (χ3n) is 5.06. The second-order valence-electron chi connectivity index (χ2n) is 6.13. The Hall–Kier alpha value is -2.50. The van der Waals surface area contributed by atoms with Crippen LogP contribution >= 0.6 is 0 Å². The molecule has 1 saturated heterocycles. The summed E-state index contributed by atoms with van der Waals surface area (Å²) in [5.41, 5.74) is 0.187. The SMILES string of the molecule is O=C1[C@@H]2[C@H](C(=O)N1c1cccc([N+](=O)[O-])c1)[C@@H]1C=C[C@H]2CC1. The second-order valence-corrected chi connectivity index (χ2v) is 6.13. The molecule has 0 aromatic heterocycles. The van der Waals surface area contributed by atoms with E-state index in [0.717, 1.165) is 17.7 Å². The van der Waals surface area contributed by atoms with Crippen LogP contribution < -0.4 is 4.90 Å². The van der Waals surface area contributed by atoms with Gasteiger partial charge in [0.05, 0.1) is 22.4 Å². The van der Waals surface area contributed by atoms with Gasteiger partial charge in [-0.05, 0) is 30.7 Å². The van der Waals surface area contributed by atoms with E-state index in [1.807, 2.05) is 0 Å². The van der Waals surface area contributed by atoms with Gasteiger partial charge in [0.2, 0.25) is 11.8 Å². The molecule has 2 bridgehead atoms. The van der Waals surface area contributed by atoms with Gasteiger partial charge in [0.1, 0.15) is 0 Å². The molecule has 6 heteroatoms. The largest absolute Gasteiger partial charge is 0.274 e. The maximum atomic E-state index is 12.7. The number of carbonyl (C=O) groups excluding carboxylic acids is 2. The van der Waals surface area contributed by atoms with Gasteiger partial charge >= 0.3 is 0 Å². The van der Waals surface area contributed by atoms with Crippen LogP contribution in [0.15, 0.2) is 36.4 Å². The Bertz CT molecular complexity index is 695. The molecule has 4 atom stereocenters. The van der Waals surface area contributed by atoms with Gasteiger partial charge in [-0.15, -0.1) is 0 Å². The first-order valence-electron chi connectivity index (χ1n) is 7.38. The molecule has 1 aliphatic heterocycles. The van der Waals surface area contributed by atoms with Gasteiger partial charge in [0.15, 0.2) is 0 Å². The van der Waals surface area contributed by atoms with Gasteiger partial charge in [-0.3, -0.25) is 19.7 Å². The average Bonchev–Trinajstić information content (AvgIpc) is 2.82. The first-order chi connectivity index (χ1) is 10.6. The van der Waals surface area contributed by atoms with E-state index < -0.39 is 4.92 Å². The summed E-state index contributed by atoms with van der Waals surface area (Å²) in [4.78, 5) is 37.0. The Morgan fingerprint density at radius 3 is 2.14 bits per heavy atom. The number of rotatable bonds is 2. The van der Waals surface area contributed by atoms with Crippen molar-refractivity contribution in [3.63, 3.8) is 0 Å². The van der Waals surface area contributed by atoms with E-state index in [1.165, 1.54) is 18.2 Å². The van der Waals surface area contributed by atoms with Crippen LogP contribution in [0.2, 0.25) is 0 Å². The lowest BCUT2D eigenvalue weighted by molar-refractivity contribution is -0.384. The van der Waals surface area contributed by atoms with Crippen LogP contribution in [-0.4, -0.2) is 16.7 Å². The van der Waals surface area contributed by atoms with Crippen LogP contribution in [-0.2, 0) is 9.59 Å². The van der Waals surface area contributed by atoms with E-state index in [1.54, 1.807) is 6.07 Å². The summed E-state index contributed by atoms with van der Waals surface area (Å²) in [6.07, 6.45) is 5.98. The summed E-state index contributed by atoms with van der Waals surface area (Å²) in [6, 6.07) is 5.73. The van der Waals surface area contributed by atoms with E-state index in [9.17, 15) is 19.7 Å². The Morgan fingerprint density at radius 2 is 1.64 bits per heavy atom. The highest BCUT2D eigenvalue weighted by molar-refractivity contribution is 6.22. The molecule has 112 valence electrons. The van der Waals surface area contributed by atoms with Crippen molar-refractivity contribution in [2.45, 2.75) is 12.8 Å². The van der Waals surface area contributed by atoms with Crippen molar-refractivity contribution >= 4 is 23.2 Å². The number of hydrogen-bond acceptors (Lipinski definition) is 4. The van der Waals surface area contributed by atoms with Gasteiger partial charge in [0, 0.05) is 12.1 Å². The van der Waals surface area contributed by atoms with Crippen molar-refractivity contribution in [1.82, 2.24) is 0 Å². The lowest BCUT2D eigenvalue weighted by Crippen LogP contribution is -2.38. The Morgan fingerprint density at radius 1 is 1.05 bits per heavy atom. The summed E-state index contributed by atoms with van der Waals surface area (Å²) in [6.45, 7) is 0. The van der Waals surface area contributed by atoms with Gasteiger partial charge in [-0.2, -0.15) is 0 Å². The lowest BCUT2D eigenvalue weighted by atomic mass is 9.63. The molecule has 2 amide bonds. The van der Waals surface area contributed by atoms with Crippen molar-refractivity contribution in [3.8, 4) is 0 Å². The van der Waals surface area contributed by atoms with Crippen molar-refractivity contribution in [1.29, 1.82) is 0 Å². The van der Waals surface area contributed by atoms with E-state index in [-0.39, 0.29) is 41.2 Å². The summed E-state index contributed by atoms with van der Waals surface area (Å²) in [7, 11) is 0. The molecule has 22 heavy (non-hydrogen) atoms. The zero-order valence-corrected chi connectivity index (χ0v) is 11.7. The van der Waals surface area contributed by atoms with E-state index >= 15 is 0 Å². The minimum Gasteiger partial charge on any atom is -0.274 e. The van der Waals surface area contributed by atoms with Crippen LogP contribution in [0.3, 0.4) is 0 Å². The smallest absolute Gasteiger partial charge is 0.271 e. The molecule has 4 aliphatic rings. The molecule has 1 heterocycles. The summed E-state index contributed by atoms with van der Waals surface area (Å²) in [5, 5.41) is 10.9. The first-order valence-corrected chi connectivity index (χ1v) is 7.38. The predicted octanol–water partition coefficient (Wildman–Crippen LogP) is 2.30. The van der Waals surface area contributed by atoms with Crippen LogP contribution in [0.5, 0.6) is 0 Å². The number of benzene rings is 1. The number of allylic oxidation sites excluding steroid dienone is 2. The number of carbonyl (C=O) groups is 2. The van der Waals surface area contributed by atoms with Crippen LogP contribution in [0.4, 0.5) is 11.4 Å². The quantitative estimate of drug-likeness (QED) is 0.363. The fourth-order valence-corrected chi connectivity index (χ4v) is 4.07. The second kappa shape index (κ2) is 4.50. The standard InChI is InChI=1S/C16H14N2O4/c19-15-13-9-4-5-10(7-6-9)14(13)16(20)17(15)11-2-1-3-12(8-11)18(21)22/h1-5,8-10,13-14H,6-7H2/t9-,10+,13-,14+. The molecule has 5 rings (SSSR count). The first kappa shape index (κ1) is 13.2. The van der Waals surface area contributed by atoms with Crippen molar-refractivity contribution in [3.05, 3.63) is 46.5 Å². The molecule has 6 nitrogen and oxygen atoms in total. The Balaban J connectivity index is 1.75. The number of fused-ring (bicyclic) bond motifs is 1. The van der Waals surface area contributed by atoms with Crippen LogP contribution in [0.1, 0.15) is 12.8 Å². The van der Waals surface area contributed by atoms with Gasteiger partial charge in [0.25, 0.3) is 5.69 Å². The molecule has 0 radical (unpaired) electrons. The highest BCUT2D eigenvalue weighted by Crippen LogP contribution is 2.50. The molecule has 3 aliphatic carbocycles. The summed E-state index contributed by atoms with van der Waals surface area (Å²) in [5.74, 6) is -0.777. The number of nitro groups is 1. The van der Waals surface area contributed by atoms with Crippen molar-refractivity contribution in [2.75, 3.05) is 4.90 Å². The number of imide groups is 1. The maximum absolute atomic E-state index is 12.7. The minimum atomic E-state index is -0.521. The highest BCUT2D eigenvalue weighted by Gasteiger charge is 2.56. The Labute approximate surface area is 126 Å². The van der Waals surface area contributed by atoms with Crippen molar-refractivity contribution in [2.24, 2.45) is 23.7 Å². The monoisotopic (exact) mass is 298 g/mol. The number of hydrogen-bond donors (Lipinski definition) is 0. The molecule has 1 aromatic carbocycles. The third-order valence-corrected chi connectivity index (χ3v) is 5.06. The molecule has 1 aromatic rings. The molecule has 1 saturated carbocycles. The topological polar surface area (TPSA) is 80.5 Å². The number of nitro benzene ring substituents is 1. The minimum absolute atomic E-state index is 0.117. The summed E-state index contributed by atoms with van der Waals surface area (Å²) >= 11 is 0. The normalized spacial score (nSPS) is 32.5. The molecule has 2 fully saturated rings. The molecule has 0 N–H and O–H groups in total. The van der Waals surface area contributed by atoms with E-state index in [0.29, 0.717) is 5.69 Å². The van der Waals surface area contributed by atoms with E-state index in [2.05, 4.69) is 12.2 Å². The number of anilines is 1. The molecular weight excluding hydrogens is 284 g/mol. The number of nitrogens with zero attached hydrogens (tertiary/aromatic N) is 2. The van der Waals surface area contributed by atoms with Gasteiger partial charge in [-0.25, -0.2) is 4.90 Å². The van der Waals surface area contributed by atoms with Crippen LogP contribution in [0.25, 0.3) is 0 Å². The number of non-ortho nitro benzene ring substituents is 1. The Kier molecular flexibility index (Phi) is 2.69. The fraction of sp³-hybridized carbons (Fsp3) is 0.375. The van der Waals surface area contributed by atoms with Crippen molar-refractivity contribution < 1.29 is 14.5 Å². The maximum Gasteiger partial charge on any atom is 0.271 e. The molecule has 0 spiro atoms. The summed E-state index contributed by atoms with van der Waals surface area (Å²) < 4.78 is 0. The lowest BCUT2D eigenvalue weighted by Gasteiger charge is -2.38. The molecule has 0 unspecified atom stereocenters. The molecular formula is C16H14N2O4. The van der Waals surface area contributed by atoms with Crippen LogP contribution in [0, 0.1) is 33.8 Å². The van der Waals surface area contributed by atoms with Gasteiger partial charge < -0.3 is 0 Å². The zero-order chi connectivity index (χ0) is 15.4. The third kappa shape index (κ3) is 1.66. The number of amides is 2. The van der Waals surface area contributed by atoms with E-state index in [4.69, 9.17) is 0 Å². The predicted molar refractivity (Wildman–Crippen MR) is 77.9 cm³/mol.